The lowest BCUT2D eigenvalue weighted by molar-refractivity contribution is -0.134. The van der Waals surface area contributed by atoms with E-state index in [2.05, 4.69) is 31.6 Å². The van der Waals surface area contributed by atoms with Crippen molar-refractivity contribution in [3.05, 3.63) is 59.8 Å². The molecule has 1 unspecified atom stereocenters. The summed E-state index contributed by atoms with van der Waals surface area (Å²) in [6, 6.07) is 4.57. The highest BCUT2D eigenvalue weighted by Crippen LogP contribution is 2.33. The fourth-order valence-electron chi connectivity index (χ4n) is 5.98. The monoisotopic (exact) mass is 631 g/mol. The van der Waals surface area contributed by atoms with Crippen molar-refractivity contribution >= 4 is 29.0 Å². The Bertz CT molecular complexity index is 1810. The number of aliphatic hydroxyl groups is 1. The summed E-state index contributed by atoms with van der Waals surface area (Å²) in [5, 5.41) is 20.1. The average Bonchev–Trinajstić information content (AvgIpc) is 3.82. The zero-order valence-corrected chi connectivity index (χ0v) is 25.5. The third kappa shape index (κ3) is 5.91. The molecule has 2 aliphatic rings. The van der Waals surface area contributed by atoms with E-state index >= 15 is 0 Å². The van der Waals surface area contributed by atoms with E-state index in [4.69, 9.17) is 6.42 Å². The van der Waals surface area contributed by atoms with Gasteiger partial charge in [-0.05, 0) is 43.5 Å². The van der Waals surface area contributed by atoms with Gasteiger partial charge in [-0.2, -0.15) is 5.10 Å². The lowest BCUT2D eigenvalue weighted by Gasteiger charge is -2.36. The SMILES string of the molecule is C#CC(C)n1cc(-c2cnc3c(Nc4ccc(C(=O)N5CCN(C(=O)[C@@H]6C[C@@H](O)CN6)CC5)c(CC)c4)nccn23)c(C(F)F)n1. The molecule has 2 saturated heterocycles. The molecule has 4 aromatic rings. The second-order valence-corrected chi connectivity index (χ2v) is 11.5. The molecule has 14 heteroatoms. The molecule has 3 N–H and O–H groups in total. The van der Waals surface area contributed by atoms with Crippen LogP contribution in [0.1, 0.15) is 54.4 Å². The number of rotatable bonds is 8. The van der Waals surface area contributed by atoms with Gasteiger partial charge in [-0.25, -0.2) is 18.7 Å². The molecule has 0 radical (unpaired) electrons. The number of hydrogen-bond acceptors (Lipinski definition) is 8. The van der Waals surface area contributed by atoms with Crippen LogP contribution in [-0.2, 0) is 11.2 Å². The summed E-state index contributed by atoms with van der Waals surface area (Å²) in [7, 11) is 0. The van der Waals surface area contributed by atoms with Crippen molar-refractivity contribution in [3.63, 3.8) is 0 Å². The second-order valence-electron chi connectivity index (χ2n) is 11.5. The van der Waals surface area contributed by atoms with Gasteiger partial charge in [0.1, 0.15) is 11.7 Å². The molecular formula is C32H35F2N9O3. The minimum Gasteiger partial charge on any atom is -0.392 e. The maximum Gasteiger partial charge on any atom is 0.282 e. The van der Waals surface area contributed by atoms with Gasteiger partial charge < -0.3 is 25.5 Å². The van der Waals surface area contributed by atoms with Crippen LogP contribution in [0, 0.1) is 12.3 Å². The number of aliphatic hydroxyl groups excluding tert-OH is 1. The summed E-state index contributed by atoms with van der Waals surface area (Å²) >= 11 is 0. The Labute approximate surface area is 264 Å². The number of nitrogens with one attached hydrogen (secondary N) is 2. The number of alkyl halides is 2. The van der Waals surface area contributed by atoms with Crippen molar-refractivity contribution < 1.29 is 23.5 Å². The number of benzene rings is 1. The summed E-state index contributed by atoms with van der Waals surface area (Å²) in [6.07, 6.45) is 9.36. The average molecular weight is 632 g/mol. The summed E-state index contributed by atoms with van der Waals surface area (Å²) in [5.74, 6) is 2.77. The molecule has 5 heterocycles. The summed E-state index contributed by atoms with van der Waals surface area (Å²) in [5.41, 5.74) is 2.78. The molecule has 0 saturated carbocycles. The summed E-state index contributed by atoms with van der Waals surface area (Å²) in [6.45, 7) is 5.79. The Balaban J connectivity index is 1.19. The molecule has 2 fully saturated rings. The Hall–Kier alpha value is -4.87. The van der Waals surface area contributed by atoms with Crippen LogP contribution >= 0.6 is 0 Å². The van der Waals surface area contributed by atoms with Crippen LogP contribution in [0.2, 0.25) is 0 Å². The molecule has 2 aliphatic heterocycles. The van der Waals surface area contributed by atoms with Gasteiger partial charge in [-0.3, -0.25) is 18.7 Å². The predicted octanol–water partition coefficient (Wildman–Crippen LogP) is 3.04. The normalized spacial score (nSPS) is 19.1. The zero-order valence-electron chi connectivity index (χ0n) is 25.5. The van der Waals surface area contributed by atoms with Crippen LogP contribution in [0.3, 0.4) is 0 Å². The van der Waals surface area contributed by atoms with E-state index in [0.717, 1.165) is 5.56 Å². The molecule has 12 nitrogen and oxygen atoms in total. The molecule has 46 heavy (non-hydrogen) atoms. The van der Waals surface area contributed by atoms with Crippen molar-refractivity contribution in [1.82, 2.24) is 39.3 Å². The molecule has 3 atom stereocenters. The molecule has 3 aromatic heterocycles. The number of piperazine rings is 1. The first-order valence-electron chi connectivity index (χ1n) is 15.2. The van der Waals surface area contributed by atoms with Gasteiger partial charge >= 0.3 is 0 Å². The number of amides is 2. The standard InChI is InChI=1S/C32H35F2N9O3/c1-4-19(3)43-18-24(27(39-43)28(33)34)26-17-37-30-29(35-8-9-42(26)30)38-21-6-7-23(20(5-2)14-21)31(45)40-10-12-41(13-11-40)32(46)25-15-22(44)16-36-25/h1,6-9,14,17-19,22,25,28,36,44H,5,10-13,15-16H2,2-3H3,(H,35,38)/t19?,22-,25+/m1/s1. The van der Waals surface area contributed by atoms with Gasteiger partial charge in [-0.1, -0.05) is 12.8 Å². The number of fused-ring (bicyclic) bond motifs is 1. The van der Waals surface area contributed by atoms with E-state index in [1.807, 2.05) is 13.0 Å². The highest BCUT2D eigenvalue weighted by molar-refractivity contribution is 5.96. The lowest BCUT2D eigenvalue weighted by atomic mass is 10.0. The van der Waals surface area contributed by atoms with E-state index in [9.17, 15) is 23.5 Å². The van der Waals surface area contributed by atoms with Crippen molar-refractivity contribution in [2.45, 2.75) is 51.3 Å². The van der Waals surface area contributed by atoms with Gasteiger partial charge in [0.15, 0.2) is 11.5 Å². The van der Waals surface area contributed by atoms with Crippen LogP contribution in [0.5, 0.6) is 0 Å². The number of aromatic nitrogens is 5. The number of hydrogen-bond donors (Lipinski definition) is 3. The van der Waals surface area contributed by atoms with Crippen LogP contribution in [0.25, 0.3) is 16.9 Å². The van der Waals surface area contributed by atoms with Crippen molar-refractivity contribution in [2.24, 2.45) is 0 Å². The quantitative estimate of drug-likeness (QED) is 0.253. The number of carbonyl (C=O) groups excluding carboxylic acids is 2. The van der Waals surface area contributed by atoms with Gasteiger partial charge in [0.05, 0.1) is 24.0 Å². The number of anilines is 2. The Kier molecular flexibility index (Phi) is 8.70. The van der Waals surface area contributed by atoms with Gasteiger partial charge in [0.2, 0.25) is 5.91 Å². The molecule has 2 amide bonds. The van der Waals surface area contributed by atoms with Crippen LogP contribution in [0.15, 0.2) is 43.0 Å². The van der Waals surface area contributed by atoms with Crippen LogP contribution in [-0.4, -0.2) is 95.7 Å². The summed E-state index contributed by atoms with van der Waals surface area (Å²) in [4.78, 5) is 38.8. The minimum absolute atomic E-state index is 0.0374. The number of aryl methyl sites for hydroxylation is 1. The van der Waals surface area contributed by atoms with E-state index < -0.39 is 18.6 Å². The highest BCUT2D eigenvalue weighted by atomic mass is 19.3. The van der Waals surface area contributed by atoms with E-state index in [0.29, 0.717) is 74.0 Å². The van der Waals surface area contributed by atoms with Crippen molar-refractivity contribution in [3.8, 4) is 23.6 Å². The third-order valence-corrected chi connectivity index (χ3v) is 8.57. The van der Waals surface area contributed by atoms with Gasteiger partial charge in [0.25, 0.3) is 12.3 Å². The Morgan fingerprint density at radius 2 is 1.96 bits per heavy atom. The number of nitrogens with zero attached hydrogens (tertiary/aromatic N) is 7. The van der Waals surface area contributed by atoms with Crippen molar-refractivity contribution in [1.29, 1.82) is 0 Å². The van der Waals surface area contributed by atoms with Crippen LogP contribution in [0.4, 0.5) is 20.3 Å². The fourth-order valence-corrected chi connectivity index (χ4v) is 5.98. The van der Waals surface area contributed by atoms with E-state index in [1.165, 1.54) is 17.1 Å². The van der Waals surface area contributed by atoms with E-state index in [-0.39, 0.29) is 29.1 Å². The molecule has 240 valence electrons. The summed E-state index contributed by atoms with van der Waals surface area (Å²) < 4.78 is 30.9. The second kappa shape index (κ2) is 12.9. The fraction of sp³-hybridized carbons (Fsp3) is 0.406. The highest BCUT2D eigenvalue weighted by Gasteiger charge is 2.34. The number of β-amino-alcohol motifs (C(OH)–C–C–N with tert-alkyl or cyclic N) is 1. The van der Waals surface area contributed by atoms with E-state index in [1.54, 1.807) is 45.7 Å². The smallest absolute Gasteiger partial charge is 0.282 e. The maximum absolute atomic E-state index is 13.9. The lowest BCUT2D eigenvalue weighted by Crippen LogP contribution is -2.54. The van der Waals surface area contributed by atoms with Gasteiger partial charge in [-0.15, -0.1) is 6.42 Å². The first-order chi connectivity index (χ1) is 22.2. The number of terminal acetylenes is 1. The first-order valence-corrected chi connectivity index (χ1v) is 15.2. The molecule has 0 aliphatic carbocycles. The number of halogens is 2. The number of imidazole rings is 1. The van der Waals surface area contributed by atoms with Crippen molar-refractivity contribution in [2.75, 3.05) is 38.0 Å². The predicted molar refractivity (Wildman–Crippen MR) is 167 cm³/mol. The first kappa shape index (κ1) is 31.1. The molecule has 0 spiro atoms. The third-order valence-electron chi connectivity index (χ3n) is 8.57. The van der Waals surface area contributed by atoms with Crippen LogP contribution < -0.4 is 10.6 Å². The Morgan fingerprint density at radius 3 is 2.63 bits per heavy atom. The molecule has 6 rings (SSSR count). The number of carbonyl (C=O) groups is 2. The molecule has 0 bridgehead atoms. The molecular weight excluding hydrogens is 596 g/mol. The maximum atomic E-state index is 13.9. The Morgan fingerprint density at radius 1 is 1.20 bits per heavy atom. The minimum atomic E-state index is -2.81. The zero-order chi connectivity index (χ0) is 32.5. The largest absolute Gasteiger partial charge is 0.392 e. The molecule has 1 aromatic carbocycles. The van der Waals surface area contributed by atoms with Gasteiger partial charge in [0, 0.05) is 68.1 Å². The topological polar surface area (TPSA) is 133 Å².